The summed E-state index contributed by atoms with van der Waals surface area (Å²) in [4.78, 5) is 44.5. The van der Waals surface area contributed by atoms with Gasteiger partial charge in [-0.15, -0.1) is 0 Å². The Morgan fingerprint density at radius 1 is 0.652 bits per heavy atom. The number of benzene rings is 2. The predicted octanol–water partition coefficient (Wildman–Crippen LogP) is 2.20. The van der Waals surface area contributed by atoms with Gasteiger partial charge < -0.3 is 0 Å². The summed E-state index contributed by atoms with van der Waals surface area (Å²) in [6, 6.07) is 13.6. The van der Waals surface area contributed by atoms with E-state index in [0.717, 1.165) is 3.11 Å². The predicted molar refractivity (Wildman–Crippen MR) is 89.2 cm³/mol. The number of nitrogens with zero attached hydrogens (tertiary/aromatic N) is 1. The van der Waals surface area contributed by atoms with Gasteiger partial charge in [0.2, 0.25) is 0 Å². The number of amides is 4. The molecule has 6 nitrogen and oxygen atoms in total. The van der Waals surface area contributed by atoms with E-state index >= 15 is 0 Å². The Hall–Kier alpha value is -2.55. The van der Waals surface area contributed by atoms with Crippen molar-refractivity contribution in [2.24, 2.45) is 0 Å². The summed E-state index contributed by atoms with van der Waals surface area (Å²) in [5.74, 6) is -1.05. The molecule has 114 valence electrons. The molecule has 0 aromatic heterocycles. The van der Waals surface area contributed by atoms with Gasteiger partial charge in [0.25, 0.3) is 23.6 Å². The Kier molecular flexibility index (Phi) is 3.95. The summed E-state index contributed by atoms with van der Waals surface area (Å²) in [5, 5.41) is 2.20. The van der Waals surface area contributed by atoms with Crippen LogP contribution in [0.4, 0.5) is 0 Å². The lowest BCUT2D eigenvalue weighted by Gasteiger charge is -1.98. The van der Waals surface area contributed by atoms with Gasteiger partial charge in [0.1, 0.15) is 0 Å². The second-order valence-electron chi connectivity index (χ2n) is 4.77. The van der Waals surface area contributed by atoms with E-state index in [1.807, 2.05) is 0 Å². The standard InChI is InChI=1S/C8H4INO2.C8H5NO2/c9-10-7(11)5-3-1-2-4-6(5)8(10)12;10-7-5-3-1-2-4-6(5)8(11)9-7/h1-4H;1-4H,(H,9,10,11). The summed E-state index contributed by atoms with van der Waals surface area (Å²) in [6.45, 7) is 0. The third-order valence-electron chi connectivity index (χ3n) is 3.39. The molecule has 0 unspecified atom stereocenters. The molecule has 0 bridgehead atoms. The zero-order chi connectivity index (χ0) is 16.6. The molecule has 0 atom stereocenters. The maximum absolute atomic E-state index is 11.3. The number of rotatable bonds is 0. The Balaban J connectivity index is 0.000000136. The average Bonchev–Trinajstić information content (AvgIpc) is 2.99. The summed E-state index contributed by atoms with van der Waals surface area (Å²) in [7, 11) is 0. The van der Waals surface area contributed by atoms with Crippen LogP contribution in [0.1, 0.15) is 41.4 Å². The van der Waals surface area contributed by atoms with Crippen molar-refractivity contribution in [2.45, 2.75) is 0 Å². The first-order chi connectivity index (χ1) is 11.0. The van der Waals surface area contributed by atoms with E-state index < -0.39 is 0 Å². The van der Waals surface area contributed by atoms with Gasteiger partial charge in [-0.2, -0.15) is 0 Å². The number of nitrogens with one attached hydrogen (secondary N) is 1. The fraction of sp³-hybridized carbons (Fsp3) is 0. The lowest BCUT2D eigenvalue weighted by atomic mass is 10.1. The molecule has 7 heteroatoms. The zero-order valence-electron chi connectivity index (χ0n) is 11.6. The number of fused-ring (bicyclic) bond motifs is 2. The summed E-state index contributed by atoms with van der Waals surface area (Å²) >= 11 is 1.71. The highest BCUT2D eigenvalue weighted by molar-refractivity contribution is 14.1. The third kappa shape index (κ3) is 2.63. The summed E-state index contributed by atoms with van der Waals surface area (Å²) < 4.78 is 1.10. The molecule has 0 fully saturated rings. The van der Waals surface area contributed by atoms with Gasteiger partial charge in [-0.25, -0.2) is 3.11 Å². The highest BCUT2D eigenvalue weighted by Gasteiger charge is 2.33. The maximum atomic E-state index is 11.3. The van der Waals surface area contributed by atoms with E-state index in [2.05, 4.69) is 5.32 Å². The second kappa shape index (κ2) is 5.92. The number of hydrogen-bond donors (Lipinski definition) is 1. The van der Waals surface area contributed by atoms with Crippen molar-refractivity contribution in [3.05, 3.63) is 70.8 Å². The zero-order valence-corrected chi connectivity index (χ0v) is 13.7. The van der Waals surface area contributed by atoms with Crippen LogP contribution in [-0.4, -0.2) is 26.7 Å². The first kappa shape index (κ1) is 15.3. The molecule has 2 aliphatic heterocycles. The van der Waals surface area contributed by atoms with Crippen LogP contribution in [0.5, 0.6) is 0 Å². The van der Waals surface area contributed by atoms with Crippen molar-refractivity contribution in [3.63, 3.8) is 0 Å². The molecule has 2 aromatic carbocycles. The van der Waals surface area contributed by atoms with Crippen molar-refractivity contribution < 1.29 is 19.2 Å². The van der Waals surface area contributed by atoms with Crippen LogP contribution in [0, 0.1) is 0 Å². The largest absolute Gasteiger partial charge is 0.288 e. The molecular formula is C16H9IN2O4. The molecule has 0 aliphatic carbocycles. The van der Waals surface area contributed by atoms with Crippen LogP contribution >= 0.6 is 22.9 Å². The van der Waals surface area contributed by atoms with E-state index in [0.29, 0.717) is 22.3 Å². The van der Waals surface area contributed by atoms with Gasteiger partial charge in [0, 0.05) is 0 Å². The first-order valence-corrected chi connectivity index (χ1v) is 7.55. The van der Waals surface area contributed by atoms with Gasteiger partial charge in [0.15, 0.2) is 0 Å². The van der Waals surface area contributed by atoms with E-state index in [1.165, 1.54) is 0 Å². The quantitative estimate of drug-likeness (QED) is 0.403. The Labute approximate surface area is 145 Å². The number of imide groups is 2. The van der Waals surface area contributed by atoms with Gasteiger partial charge in [-0.3, -0.25) is 24.5 Å². The van der Waals surface area contributed by atoms with E-state index in [1.54, 1.807) is 71.4 Å². The fourth-order valence-corrected chi connectivity index (χ4v) is 2.80. The van der Waals surface area contributed by atoms with Gasteiger partial charge >= 0.3 is 0 Å². The third-order valence-corrected chi connectivity index (χ3v) is 4.26. The highest BCUT2D eigenvalue weighted by Crippen LogP contribution is 2.24. The van der Waals surface area contributed by atoms with Crippen molar-refractivity contribution >= 4 is 46.5 Å². The SMILES string of the molecule is O=C1NC(=O)c2ccccc21.O=C1c2ccccc2C(=O)N1I. The van der Waals surface area contributed by atoms with Crippen LogP contribution in [0.15, 0.2) is 48.5 Å². The van der Waals surface area contributed by atoms with Crippen LogP contribution in [0.2, 0.25) is 0 Å². The average molecular weight is 420 g/mol. The minimum atomic E-state index is -0.300. The first-order valence-electron chi connectivity index (χ1n) is 6.59. The van der Waals surface area contributed by atoms with Gasteiger partial charge in [-0.1, -0.05) is 24.3 Å². The lowest BCUT2D eigenvalue weighted by molar-refractivity contribution is 0.0793. The molecule has 2 aromatic rings. The van der Waals surface area contributed by atoms with Crippen molar-refractivity contribution in [1.82, 2.24) is 8.43 Å². The minimum absolute atomic E-state index is 0.226. The number of carbonyl (C=O) groups is 4. The molecule has 4 rings (SSSR count). The van der Waals surface area contributed by atoms with Crippen LogP contribution in [0.25, 0.3) is 0 Å². The lowest BCUT2D eigenvalue weighted by Crippen LogP contribution is -2.19. The topological polar surface area (TPSA) is 83.5 Å². The summed E-state index contributed by atoms with van der Waals surface area (Å²) in [5.41, 5.74) is 1.93. The molecule has 1 N–H and O–H groups in total. The van der Waals surface area contributed by atoms with Crippen molar-refractivity contribution in [1.29, 1.82) is 0 Å². The maximum Gasteiger partial charge on any atom is 0.270 e. The smallest absolute Gasteiger partial charge is 0.270 e. The molecule has 0 radical (unpaired) electrons. The van der Waals surface area contributed by atoms with Crippen LogP contribution in [0.3, 0.4) is 0 Å². The molecular weight excluding hydrogens is 411 g/mol. The number of halogens is 1. The van der Waals surface area contributed by atoms with Gasteiger partial charge in [-0.05, 0) is 24.3 Å². The second-order valence-corrected chi connectivity index (χ2v) is 5.73. The van der Waals surface area contributed by atoms with Crippen LogP contribution in [-0.2, 0) is 0 Å². The molecule has 2 heterocycles. The fourth-order valence-electron chi connectivity index (χ4n) is 2.28. The van der Waals surface area contributed by atoms with Crippen molar-refractivity contribution in [2.75, 3.05) is 0 Å². The van der Waals surface area contributed by atoms with E-state index in [4.69, 9.17) is 0 Å². The molecule has 0 saturated carbocycles. The number of carbonyl (C=O) groups excluding carboxylic acids is 4. The van der Waals surface area contributed by atoms with E-state index in [-0.39, 0.29) is 23.6 Å². The van der Waals surface area contributed by atoms with Gasteiger partial charge in [0.05, 0.1) is 45.1 Å². The molecule has 0 saturated heterocycles. The van der Waals surface area contributed by atoms with Crippen LogP contribution < -0.4 is 5.32 Å². The highest BCUT2D eigenvalue weighted by atomic mass is 127. The number of hydrogen-bond acceptors (Lipinski definition) is 4. The molecule has 2 aliphatic rings. The normalized spacial score (nSPS) is 14.9. The monoisotopic (exact) mass is 420 g/mol. The Bertz CT molecular complexity index is 795. The minimum Gasteiger partial charge on any atom is -0.288 e. The van der Waals surface area contributed by atoms with E-state index in [9.17, 15) is 19.2 Å². The molecule has 4 amide bonds. The Morgan fingerprint density at radius 2 is 1.00 bits per heavy atom. The summed E-state index contributed by atoms with van der Waals surface area (Å²) in [6.07, 6.45) is 0. The molecule has 23 heavy (non-hydrogen) atoms. The van der Waals surface area contributed by atoms with Crippen molar-refractivity contribution in [3.8, 4) is 0 Å². The Morgan fingerprint density at radius 3 is 1.39 bits per heavy atom. The molecule has 0 spiro atoms.